The highest BCUT2D eigenvalue weighted by molar-refractivity contribution is 5.99. The van der Waals surface area contributed by atoms with Gasteiger partial charge in [0.05, 0.1) is 36.5 Å². The second kappa shape index (κ2) is 8.09. The summed E-state index contributed by atoms with van der Waals surface area (Å²) in [6.07, 6.45) is 2.04. The van der Waals surface area contributed by atoms with Crippen LogP contribution in [0.15, 0.2) is 48.5 Å². The number of aromatic nitrogens is 1. The highest BCUT2D eigenvalue weighted by Crippen LogP contribution is 2.32. The van der Waals surface area contributed by atoms with Crippen LogP contribution in [0.1, 0.15) is 28.0 Å². The summed E-state index contributed by atoms with van der Waals surface area (Å²) in [5, 5.41) is 20.8. The van der Waals surface area contributed by atoms with Gasteiger partial charge in [-0.25, -0.2) is 0 Å². The Morgan fingerprint density at radius 1 is 1.21 bits per heavy atom. The highest BCUT2D eigenvalue weighted by atomic mass is 16.5. The number of phenols is 1. The minimum Gasteiger partial charge on any atom is -0.504 e. The second-order valence-electron chi connectivity index (χ2n) is 7.33. The van der Waals surface area contributed by atoms with Crippen LogP contribution in [-0.4, -0.2) is 52.3 Å². The quantitative estimate of drug-likeness (QED) is 0.698. The molecule has 1 amide bonds. The number of aromatic hydroxyl groups is 1. The molecule has 0 unspecified atom stereocenters. The summed E-state index contributed by atoms with van der Waals surface area (Å²) in [4.78, 5) is 19.8. The van der Waals surface area contributed by atoms with Gasteiger partial charge in [-0.2, -0.15) is 0 Å². The molecule has 0 spiro atoms. The Bertz CT molecular complexity index is 1040. The minimum absolute atomic E-state index is 0.0252. The van der Waals surface area contributed by atoms with Crippen LogP contribution in [0.4, 0.5) is 0 Å². The van der Waals surface area contributed by atoms with Gasteiger partial charge in [0.2, 0.25) is 0 Å². The van der Waals surface area contributed by atoms with Crippen molar-refractivity contribution >= 4 is 16.8 Å². The van der Waals surface area contributed by atoms with E-state index in [2.05, 4.69) is 4.98 Å². The van der Waals surface area contributed by atoms with Crippen LogP contribution in [0.25, 0.3) is 10.9 Å². The topological polar surface area (TPSA) is 82.9 Å². The molecule has 0 saturated carbocycles. The standard InChI is InChI=1S/C23H24N2O4/c1-29-22-12-16-11-18-19(24-20(16)13-21(22)27)8-5-9-25(23(18)28)17(14-26)10-15-6-3-2-4-7-15/h2-4,6-7,11-13,17,26-27H,5,8-10,14H2,1H3/t17-/m0/s1. The van der Waals surface area contributed by atoms with Gasteiger partial charge in [-0.3, -0.25) is 9.78 Å². The van der Waals surface area contributed by atoms with Gasteiger partial charge in [0, 0.05) is 18.0 Å². The fraction of sp³-hybridized carbons (Fsp3) is 0.304. The summed E-state index contributed by atoms with van der Waals surface area (Å²) in [6.45, 7) is 0.469. The molecule has 1 atom stereocenters. The zero-order chi connectivity index (χ0) is 20.4. The molecule has 150 valence electrons. The first kappa shape index (κ1) is 19.2. The fourth-order valence-electron chi connectivity index (χ4n) is 3.95. The van der Waals surface area contributed by atoms with Crippen LogP contribution in [0, 0.1) is 0 Å². The number of aliphatic hydroxyl groups is 1. The number of amides is 1. The molecular formula is C23H24N2O4. The first-order chi connectivity index (χ1) is 14.1. The van der Waals surface area contributed by atoms with E-state index in [4.69, 9.17) is 4.74 Å². The van der Waals surface area contributed by atoms with Crippen molar-refractivity contribution in [2.45, 2.75) is 25.3 Å². The van der Waals surface area contributed by atoms with Crippen LogP contribution in [0.2, 0.25) is 0 Å². The van der Waals surface area contributed by atoms with E-state index >= 15 is 0 Å². The first-order valence-corrected chi connectivity index (χ1v) is 9.77. The van der Waals surface area contributed by atoms with Gasteiger partial charge >= 0.3 is 0 Å². The van der Waals surface area contributed by atoms with Gasteiger partial charge < -0.3 is 19.8 Å². The van der Waals surface area contributed by atoms with E-state index in [1.165, 1.54) is 7.11 Å². The number of phenolic OH excluding ortho intramolecular Hbond substituents is 1. The van der Waals surface area contributed by atoms with Crippen molar-refractivity contribution in [2.24, 2.45) is 0 Å². The van der Waals surface area contributed by atoms with Gasteiger partial charge in [0.15, 0.2) is 11.5 Å². The molecule has 1 aliphatic rings. The molecule has 0 saturated heterocycles. The molecule has 0 fully saturated rings. The maximum absolute atomic E-state index is 13.4. The lowest BCUT2D eigenvalue weighted by Gasteiger charge is -2.30. The number of methoxy groups -OCH3 is 1. The smallest absolute Gasteiger partial charge is 0.256 e. The normalized spacial score (nSPS) is 15.1. The van der Waals surface area contributed by atoms with Gasteiger partial charge in [0.25, 0.3) is 5.91 Å². The van der Waals surface area contributed by atoms with Gasteiger partial charge in [-0.1, -0.05) is 30.3 Å². The maximum atomic E-state index is 13.4. The van der Waals surface area contributed by atoms with E-state index in [0.717, 1.165) is 23.1 Å². The lowest BCUT2D eigenvalue weighted by molar-refractivity contribution is 0.0599. The molecule has 6 heteroatoms. The zero-order valence-electron chi connectivity index (χ0n) is 16.3. The van der Waals surface area contributed by atoms with Crippen molar-refractivity contribution < 1.29 is 19.7 Å². The van der Waals surface area contributed by atoms with Crippen molar-refractivity contribution in [2.75, 3.05) is 20.3 Å². The minimum atomic E-state index is -0.291. The summed E-state index contributed by atoms with van der Waals surface area (Å²) in [5.41, 5.74) is 2.99. The van der Waals surface area contributed by atoms with Crippen LogP contribution in [-0.2, 0) is 12.8 Å². The fourth-order valence-corrected chi connectivity index (χ4v) is 3.95. The zero-order valence-corrected chi connectivity index (χ0v) is 16.3. The largest absolute Gasteiger partial charge is 0.504 e. The number of aryl methyl sites for hydroxylation is 1. The van der Waals surface area contributed by atoms with Gasteiger partial charge in [-0.05, 0) is 37.0 Å². The number of rotatable bonds is 5. The average Bonchev–Trinajstić information content (AvgIpc) is 2.89. The molecule has 29 heavy (non-hydrogen) atoms. The van der Waals surface area contributed by atoms with E-state index < -0.39 is 0 Å². The lowest BCUT2D eigenvalue weighted by atomic mass is 10.0. The molecule has 0 radical (unpaired) electrons. The van der Waals surface area contributed by atoms with Crippen molar-refractivity contribution in [3.05, 3.63) is 65.4 Å². The van der Waals surface area contributed by atoms with Crippen molar-refractivity contribution in [3.63, 3.8) is 0 Å². The number of pyridine rings is 1. The number of carbonyl (C=O) groups is 1. The number of fused-ring (bicyclic) bond motifs is 2. The first-order valence-electron chi connectivity index (χ1n) is 9.77. The molecule has 4 rings (SSSR count). The number of ether oxygens (including phenoxy) is 1. The Labute approximate surface area is 169 Å². The van der Waals surface area contributed by atoms with Gasteiger partial charge in [0.1, 0.15) is 0 Å². The van der Waals surface area contributed by atoms with E-state index in [9.17, 15) is 15.0 Å². The molecule has 1 aromatic heterocycles. The summed E-state index contributed by atoms with van der Waals surface area (Å²) in [7, 11) is 1.49. The van der Waals surface area contributed by atoms with E-state index in [1.54, 1.807) is 17.0 Å². The van der Waals surface area contributed by atoms with E-state index in [0.29, 0.717) is 36.2 Å². The molecule has 2 heterocycles. The third-order valence-corrected chi connectivity index (χ3v) is 5.46. The predicted molar refractivity (Wildman–Crippen MR) is 110 cm³/mol. The number of hydrogen-bond acceptors (Lipinski definition) is 5. The van der Waals surface area contributed by atoms with Gasteiger partial charge in [-0.15, -0.1) is 0 Å². The summed E-state index contributed by atoms with van der Waals surface area (Å²) in [5.74, 6) is 0.251. The maximum Gasteiger partial charge on any atom is 0.256 e. The summed E-state index contributed by atoms with van der Waals surface area (Å²) in [6, 6.07) is 14.7. The van der Waals surface area contributed by atoms with Crippen molar-refractivity contribution in [1.29, 1.82) is 0 Å². The van der Waals surface area contributed by atoms with E-state index in [-0.39, 0.29) is 24.3 Å². The average molecular weight is 392 g/mol. The Morgan fingerprint density at radius 2 is 2.00 bits per heavy atom. The highest BCUT2D eigenvalue weighted by Gasteiger charge is 2.29. The predicted octanol–water partition coefficient (Wildman–Crippen LogP) is 2.94. The van der Waals surface area contributed by atoms with E-state index in [1.807, 2.05) is 36.4 Å². The van der Waals surface area contributed by atoms with Crippen molar-refractivity contribution in [1.82, 2.24) is 9.88 Å². The number of nitrogens with zero attached hydrogens (tertiary/aromatic N) is 2. The van der Waals surface area contributed by atoms with Crippen LogP contribution in [0.5, 0.6) is 11.5 Å². The molecule has 3 aromatic rings. The Hall–Kier alpha value is -3.12. The van der Waals surface area contributed by atoms with Crippen LogP contribution >= 0.6 is 0 Å². The molecule has 0 bridgehead atoms. The Kier molecular flexibility index (Phi) is 5.36. The monoisotopic (exact) mass is 392 g/mol. The van der Waals surface area contributed by atoms with Crippen molar-refractivity contribution in [3.8, 4) is 11.5 Å². The number of hydrogen-bond donors (Lipinski definition) is 2. The number of benzene rings is 2. The number of aliphatic hydroxyl groups excluding tert-OH is 1. The lowest BCUT2D eigenvalue weighted by Crippen LogP contribution is -2.43. The molecule has 0 aliphatic carbocycles. The van der Waals surface area contributed by atoms with Crippen LogP contribution < -0.4 is 4.74 Å². The third-order valence-electron chi connectivity index (χ3n) is 5.46. The molecule has 2 N–H and O–H groups in total. The number of carbonyl (C=O) groups excluding carboxylic acids is 1. The van der Waals surface area contributed by atoms with Crippen LogP contribution in [0.3, 0.4) is 0 Å². The SMILES string of the molecule is COc1cc2cc3c(nc2cc1O)CCCN([C@H](CO)Cc1ccccc1)C3=O. The summed E-state index contributed by atoms with van der Waals surface area (Å²) >= 11 is 0. The molecular weight excluding hydrogens is 368 g/mol. The summed E-state index contributed by atoms with van der Waals surface area (Å²) < 4.78 is 5.19. The second-order valence-corrected chi connectivity index (χ2v) is 7.33. The molecule has 6 nitrogen and oxygen atoms in total. The third kappa shape index (κ3) is 3.76. The Morgan fingerprint density at radius 3 is 2.72 bits per heavy atom. The molecule has 2 aromatic carbocycles. The Balaban J connectivity index is 1.70. The molecule has 1 aliphatic heterocycles.